The van der Waals surface area contributed by atoms with E-state index in [2.05, 4.69) is 15.3 Å². The Balaban J connectivity index is 2.30. The minimum atomic E-state index is -4.56. The predicted octanol–water partition coefficient (Wildman–Crippen LogP) is 2.09. The van der Waals surface area contributed by atoms with E-state index in [0.717, 1.165) is 6.07 Å². The second-order valence-corrected chi connectivity index (χ2v) is 4.90. The van der Waals surface area contributed by atoms with Crippen LogP contribution in [0.3, 0.4) is 0 Å². The summed E-state index contributed by atoms with van der Waals surface area (Å²) in [4.78, 5) is 30.8. The van der Waals surface area contributed by atoms with Crippen molar-refractivity contribution in [2.24, 2.45) is 5.73 Å². The number of nitrogens with one attached hydrogen (secondary N) is 1. The molecule has 0 aliphatic heterocycles. The zero-order valence-corrected chi connectivity index (χ0v) is 12.5. The van der Waals surface area contributed by atoms with Gasteiger partial charge in [0.1, 0.15) is 0 Å². The van der Waals surface area contributed by atoms with Gasteiger partial charge in [-0.05, 0) is 18.6 Å². The van der Waals surface area contributed by atoms with Gasteiger partial charge in [0.05, 0.1) is 11.6 Å². The van der Waals surface area contributed by atoms with Gasteiger partial charge in [-0.2, -0.15) is 13.2 Å². The van der Waals surface area contributed by atoms with Crippen molar-refractivity contribution in [1.29, 1.82) is 0 Å². The molecular weight excluding hydrogens is 325 g/mol. The van der Waals surface area contributed by atoms with Crippen molar-refractivity contribution in [1.82, 2.24) is 15.3 Å². The molecule has 6 nitrogen and oxygen atoms in total. The number of primary amides is 1. The van der Waals surface area contributed by atoms with Gasteiger partial charge in [0.2, 0.25) is 0 Å². The van der Waals surface area contributed by atoms with Gasteiger partial charge in [-0.3, -0.25) is 9.59 Å². The first-order valence-electron chi connectivity index (χ1n) is 6.79. The monoisotopic (exact) mass is 338 g/mol. The van der Waals surface area contributed by atoms with E-state index in [0.29, 0.717) is 0 Å². The molecular formula is C15H13F3N4O2. The molecule has 0 spiro atoms. The van der Waals surface area contributed by atoms with Crippen molar-refractivity contribution < 1.29 is 22.8 Å². The van der Waals surface area contributed by atoms with Crippen LogP contribution in [0.4, 0.5) is 13.2 Å². The van der Waals surface area contributed by atoms with Gasteiger partial charge < -0.3 is 11.1 Å². The number of carbonyl (C=O) groups excluding carboxylic acids is 2. The first-order chi connectivity index (χ1) is 11.2. The molecule has 2 rings (SSSR count). The summed E-state index contributed by atoms with van der Waals surface area (Å²) in [5.74, 6) is -1.81. The number of alkyl halides is 3. The lowest BCUT2D eigenvalue weighted by atomic mass is 10.0. The molecule has 0 aliphatic carbocycles. The number of hydrogen-bond donors (Lipinski definition) is 2. The molecule has 0 aliphatic rings. The number of halogens is 3. The first-order valence-corrected chi connectivity index (χ1v) is 6.79. The number of rotatable bonds is 4. The molecule has 0 saturated carbocycles. The normalized spacial score (nSPS) is 12.5. The highest BCUT2D eigenvalue weighted by Crippen LogP contribution is 2.34. The van der Waals surface area contributed by atoms with Crippen LogP contribution < -0.4 is 11.1 Å². The molecule has 1 heterocycles. The minimum absolute atomic E-state index is 0.108. The Bertz CT molecular complexity index is 777. The van der Waals surface area contributed by atoms with Crippen molar-refractivity contribution in [2.75, 3.05) is 0 Å². The molecule has 0 radical (unpaired) electrons. The average Bonchev–Trinajstić information content (AvgIpc) is 2.53. The quantitative estimate of drug-likeness (QED) is 0.892. The van der Waals surface area contributed by atoms with Crippen molar-refractivity contribution in [2.45, 2.75) is 19.1 Å². The third kappa shape index (κ3) is 3.67. The van der Waals surface area contributed by atoms with Crippen LogP contribution >= 0.6 is 0 Å². The summed E-state index contributed by atoms with van der Waals surface area (Å²) in [5.41, 5.74) is 3.44. The molecule has 1 aromatic heterocycles. The fourth-order valence-electron chi connectivity index (χ4n) is 2.16. The van der Waals surface area contributed by atoms with E-state index >= 15 is 0 Å². The molecule has 0 fully saturated rings. The summed E-state index contributed by atoms with van der Waals surface area (Å²) in [6, 6.07) is 3.91. The zero-order valence-electron chi connectivity index (χ0n) is 12.5. The van der Waals surface area contributed by atoms with Crippen LogP contribution in [-0.4, -0.2) is 21.8 Å². The number of nitrogens with two attached hydrogens (primary N) is 1. The molecule has 24 heavy (non-hydrogen) atoms. The molecule has 0 bridgehead atoms. The van der Waals surface area contributed by atoms with Gasteiger partial charge in [-0.1, -0.05) is 18.2 Å². The number of benzene rings is 1. The highest BCUT2D eigenvalue weighted by atomic mass is 19.4. The molecule has 1 aromatic carbocycles. The average molecular weight is 338 g/mol. The largest absolute Gasteiger partial charge is 0.416 e. The molecule has 9 heteroatoms. The third-order valence-corrected chi connectivity index (χ3v) is 3.23. The number of nitrogens with zero attached hydrogens (tertiary/aromatic N) is 2. The van der Waals surface area contributed by atoms with E-state index in [-0.39, 0.29) is 17.0 Å². The Morgan fingerprint density at radius 1 is 1.12 bits per heavy atom. The Labute approximate surface area is 134 Å². The number of carbonyl (C=O) groups is 2. The Hall–Kier alpha value is -2.97. The molecule has 2 amide bonds. The topological polar surface area (TPSA) is 98.0 Å². The Kier molecular flexibility index (Phi) is 4.82. The molecule has 1 atom stereocenters. The van der Waals surface area contributed by atoms with Crippen LogP contribution in [0.1, 0.15) is 45.1 Å². The molecule has 0 unspecified atom stereocenters. The second-order valence-electron chi connectivity index (χ2n) is 4.90. The van der Waals surface area contributed by atoms with Gasteiger partial charge in [0, 0.05) is 12.4 Å². The van der Waals surface area contributed by atoms with E-state index in [4.69, 9.17) is 5.73 Å². The third-order valence-electron chi connectivity index (χ3n) is 3.23. The highest BCUT2D eigenvalue weighted by molar-refractivity contribution is 6.04. The lowest BCUT2D eigenvalue weighted by molar-refractivity contribution is -0.138. The Morgan fingerprint density at radius 2 is 1.71 bits per heavy atom. The summed E-state index contributed by atoms with van der Waals surface area (Å²) in [5, 5.41) is 2.37. The fraction of sp³-hybridized carbons (Fsp3) is 0.200. The zero-order chi connectivity index (χ0) is 17.9. The van der Waals surface area contributed by atoms with Gasteiger partial charge in [0.25, 0.3) is 11.8 Å². The lowest BCUT2D eigenvalue weighted by Crippen LogP contribution is -2.31. The van der Waals surface area contributed by atoms with Gasteiger partial charge >= 0.3 is 6.18 Å². The van der Waals surface area contributed by atoms with Crippen LogP contribution in [0.2, 0.25) is 0 Å². The van der Waals surface area contributed by atoms with Crippen LogP contribution in [0.5, 0.6) is 0 Å². The van der Waals surface area contributed by atoms with Crippen LogP contribution in [0.25, 0.3) is 0 Å². The van der Waals surface area contributed by atoms with E-state index in [1.54, 1.807) is 0 Å². The van der Waals surface area contributed by atoms with Crippen LogP contribution in [0, 0.1) is 0 Å². The summed E-state index contributed by atoms with van der Waals surface area (Å²) >= 11 is 0. The first kappa shape index (κ1) is 17.4. The number of hydrogen-bond acceptors (Lipinski definition) is 4. The summed E-state index contributed by atoms with van der Waals surface area (Å²) < 4.78 is 39.1. The molecule has 2 aromatic rings. The maximum Gasteiger partial charge on any atom is 0.416 e. The Morgan fingerprint density at radius 3 is 2.29 bits per heavy atom. The second kappa shape index (κ2) is 6.65. The molecule has 126 valence electrons. The number of amides is 2. The van der Waals surface area contributed by atoms with Crippen LogP contribution in [0.15, 0.2) is 36.7 Å². The fourth-order valence-corrected chi connectivity index (χ4v) is 2.16. The van der Waals surface area contributed by atoms with Crippen molar-refractivity contribution >= 4 is 11.8 Å². The van der Waals surface area contributed by atoms with E-state index in [9.17, 15) is 22.8 Å². The van der Waals surface area contributed by atoms with Crippen molar-refractivity contribution in [3.63, 3.8) is 0 Å². The van der Waals surface area contributed by atoms with E-state index < -0.39 is 29.6 Å². The van der Waals surface area contributed by atoms with E-state index in [1.165, 1.54) is 37.5 Å². The van der Waals surface area contributed by atoms with E-state index in [1.807, 2.05) is 0 Å². The van der Waals surface area contributed by atoms with Gasteiger partial charge in [-0.25, -0.2) is 9.97 Å². The lowest BCUT2D eigenvalue weighted by Gasteiger charge is -2.19. The van der Waals surface area contributed by atoms with Gasteiger partial charge in [0.15, 0.2) is 11.4 Å². The maximum atomic E-state index is 13.0. The van der Waals surface area contributed by atoms with Crippen molar-refractivity contribution in [3.05, 3.63) is 59.2 Å². The SMILES string of the molecule is C[C@H](NC(=O)c1nccnc1C(N)=O)c1ccccc1C(F)(F)F. The maximum absolute atomic E-state index is 13.0. The smallest absolute Gasteiger partial charge is 0.364 e. The van der Waals surface area contributed by atoms with Crippen molar-refractivity contribution in [3.8, 4) is 0 Å². The number of aromatic nitrogens is 2. The molecule has 0 saturated heterocycles. The standard InChI is InChI=1S/C15H13F3N4O2/c1-8(9-4-2-3-5-10(9)15(16,17)18)22-14(24)12-11(13(19)23)20-6-7-21-12/h2-8H,1H3,(H2,19,23)(H,22,24)/t8-/m0/s1. The summed E-state index contributed by atoms with van der Waals surface area (Å²) in [6.07, 6.45) is -2.20. The summed E-state index contributed by atoms with van der Waals surface area (Å²) in [6.45, 7) is 1.39. The van der Waals surface area contributed by atoms with Gasteiger partial charge in [-0.15, -0.1) is 0 Å². The summed E-state index contributed by atoms with van der Waals surface area (Å²) in [7, 11) is 0. The van der Waals surface area contributed by atoms with Crippen LogP contribution in [-0.2, 0) is 6.18 Å². The predicted molar refractivity (Wildman–Crippen MR) is 77.9 cm³/mol. The minimum Gasteiger partial charge on any atom is -0.364 e. The molecule has 3 N–H and O–H groups in total. The highest BCUT2D eigenvalue weighted by Gasteiger charge is 2.34.